The molecule has 2 aromatic carbocycles. The average molecular weight is 523 g/mol. The van der Waals surface area contributed by atoms with Crippen molar-refractivity contribution in [2.75, 3.05) is 24.5 Å². The van der Waals surface area contributed by atoms with Gasteiger partial charge in [0.25, 0.3) is 0 Å². The van der Waals surface area contributed by atoms with Gasteiger partial charge < -0.3 is 20.6 Å². The Morgan fingerprint density at radius 2 is 1.92 bits per heavy atom. The Labute approximate surface area is 223 Å². The smallest absolute Gasteiger partial charge is 0.217 e. The zero-order chi connectivity index (χ0) is 27.2. The summed E-state index contributed by atoms with van der Waals surface area (Å²) in [4.78, 5) is 18.9. The number of anilines is 1. The van der Waals surface area contributed by atoms with E-state index in [0.717, 1.165) is 42.5 Å². The minimum atomic E-state index is -1.03. The molecule has 0 radical (unpaired) electrons. The molecule has 1 aliphatic rings. The van der Waals surface area contributed by atoms with E-state index < -0.39 is 23.8 Å². The number of aliphatic hydroxyl groups excluding tert-OH is 1. The van der Waals surface area contributed by atoms with Crippen molar-refractivity contribution >= 4 is 11.7 Å². The van der Waals surface area contributed by atoms with E-state index in [-0.39, 0.29) is 24.9 Å². The molecule has 0 saturated carbocycles. The fraction of sp³-hybridized carbons (Fsp3) is 0.400. The van der Waals surface area contributed by atoms with Crippen LogP contribution >= 0.6 is 0 Å². The molecule has 3 N–H and O–H groups in total. The number of benzene rings is 2. The number of nitrogens with one attached hydrogen (secondary N) is 2. The third-order valence-electron chi connectivity index (χ3n) is 7.01. The van der Waals surface area contributed by atoms with Crippen LogP contribution in [0.2, 0.25) is 0 Å². The number of pyridine rings is 1. The van der Waals surface area contributed by atoms with Gasteiger partial charge in [-0.3, -0.25) is 4.79 Å². The number of halogens is 2. The van der Waals surface area contributed by atoms with Gasteiger partial charge in [0, 0.05) is 43.9 Å². The van der Waals surface area contributed by atoms with Gasteiger partial charge in [0.15, 0.2) is 0 Å². The molecule has 1 unspecified atom stereocenters. The summed E-state index contributed by atoms with van der Waals surface area (Å²) in [6.45, 7) is 7.44. The SMILES string of the molecule is CC(=O)N[C@@H](Cc1cc(F)cc(F)c1)[C@H](O)CN(c1ncccc1-c1cccc(C(C)C)c1)C1CCNC1. The van der Waals surface area contributed by atoms with Crippen LogP contribution in [0.1, 0.15) is 44.2 Å². The Kier molecular flexibility index (Phi) is 9.07. The number of rotatable bonds is 10. The van der Waals surface area contributed by atoms with E-state index >= 15 is 0 Å². The molecule has 1 amide bonds. The largest absolute Gasteiger partial charge is 0.389 e. The quantitative estimate of drug-likeness (QED) is 0.367. The van der Waals surface area contributed by atoms with Crippen molar-refractivity contribution in [3.63, 3.8) is 0 Å². The van der Waals surface area contributed by atoms with E-state index in [4.69, 9.17) is 4.98 Å². The lowest BCUT2D eigenvalue weighted by Gasteiger charge is -2.35. The molecule has 0 spiro atoms. The molecule has 202 valence electrons. The molecular weight excluding hydrogens is 486 g/mol. The standard InChI is InChI=1S/C30H36F2N4O2/c1-19(2)22-6-4-7-23(15-22)27-8-5-10-34-30(27)36(26-9-11-33-17-26)18-29(38)28(35-20(3)37)14-21-12-24(31)16-25(32)13-21/h4-8,10,12-13,15-16,19,26,28-29,33,38H,9,11,14,17-18H2,1-3H3,(H,35,37)/t26?,28-,29+/m0/s1. The van der Waals surface area contributed by atoms with Crippen molar-refractivity contribution in [3.05, 3.63) is 83.6 Å². The summed E-state index contributed by atoms with van der Waals surface area (Å²) in [6.07, 6.45) is 1.67. The number of carbonyl (C=O) groups excluding carboxylic acids is 1. The highest BCUT2D eigenvalue weighted by atomic mass is 19.1. The molecule has 6 nitrogen and oxygen atoms in total. The number of carbonyl (C=O) groups is 1. The number of hydrogen-bond acceptors (Lipinski definition) is 5. The summed E-state index contributed by atoms with van der Waals surface area (Å²) in [5.74, 6) is -0.602. The molecule has 3 atom stereocenters. The molecule has 1 saturated heterocycles. The molecule has 1 aromatic heterocycles. The highest BCUT2D eigenvalue weighted by molar-refractivity contribution is 5.77. The van der Waals surface area contributed by atoms with Crippen LogP contribution in [0.4, 0.5) is 14.6 Å². The summed E-state index contributed by atoms with van der Waals surface area (Å²) in [7, 11) is 0. The maximum atomic E-state index is 13.8. The molecular formula is C30H36F2N4O2. The third kappa shape index (κ3) is 6.94. The molecule has 0 aliphatic carbocycles. The van der Waals surface area contributed by atoms with E-state index in [0.29, 0.717) is 11.5 Å². The molecule has 2 heterocycles. The first-order chi connectivity index (χ1) is 18.2. The van der Waals surface area contributed by atoms with Crippen molar-refractivity contribution in [3.8, 4) is 11.1 Å². The zero-order valence-electron chi connectivity index (χ0n) is 22.1. The van der Waals surface area contributed by atoms with Crippen LogP contribution in [0.5, 0.6) is 0 Å². The highest BCUT2D eigenvalue weighted by Gasteiger charge is 2.31. The third-order valence-corrected chi connectivity index (χ3v) is 7.01. The summed E-state index contributed by atoms with van der Waals surface area (Å²) < 4.78 is 27.7. The normalized spacial score (nSPS) is 16.9. The van der Waals surface area contributed by atoms with Crippen LogP contribution in [0.25, 0.3) is 11.1 Å². The van der Waals surface area contributed by atoms with E-state index in [1.807, 2.05) is 18.2 Å². The van der Waals surface area contributed by atoms with Crippen LogP contribution in [-0.2, 0) is 11.2 Å². The summed E-state index contributed by atoms with van der Waals surface area (Å²) in [5, 5.41) is 17.6. The zero-order valence-corrected chi connectivity index (χ0v) is 22.1. The number of aromatic nitrogens is 1. The Balaban J connectivity index is 1.67. The van der Waals surface area contributed by atoms with Gasteiger partial charge >= 0.3 is 0 Å². The molecule has 4 rings (SSSR count). The van der Waals surface area contributed by atoms with Gasteiger partial charge in [0.05, 0.1) is 12.1 Å². The maximum Gasteiger partial charge on any atom is 0.217 e. The van der Waals surface area contributed by atoms with Crippen LogP contribution in [0.3, 0.4) is 0 Å². The van der Waals surface area contributed by atoms with Crippen molar-refractivity contribution < 1.29 is 18.7 Å². The van der Waals surface area contributed by atoms with Gasteiger partial charge in [-0.25, -0.2) is 13.8 Å². The van der Waals surface area contributed by atoms with Gasteiger partial charge in [-0.2, -0.15) is 0 Å². The van der Waals surface area contributed by atoms with Crippen LogP contribution in [0, 0.1) is 11.6 Å². The predicted octanol–water partition coefficient (Wildman–Crippen LogP) is 4.43. The second kappa shape index (κ2) is 12.5. The second-order valence-electron chi connectivity index (χ2n) is 10.3. The number of nitrogens with zero attached hydrogens (tertiary/aromatic N) is 2. The van der Waals surface area contributed by atoms with Crippen LogP contribution in [-0.4, -0.2) is 53.8 Å². The van der Waals surface area contributed by atoms with E-state index in [2.05, 4.69) is 47.6 Å². The minimum absolute atomic E-state index is 0.0798. The van der Waals surface area contributed by atoms with E-state index in [1.165, 1.54) is 24.6 Å². The van der Waals surface area contributed by atoms with Gasteiger partial charge in [-0.05, 0) is 66.3 Å². The Hall–Kier alpha value is -3.36. The second-order valence-corrected chi connectivity index (χ2v) is 10.3. The van der Waals surface area contributed by atoms with Gasteiger partial charge in [0.2, 0.25) is 5.91 Å². The maximum absolute atomic E-state index is 13.8. The first kappa shape index (κ1) is 27.7. The first-order valence-electron chi connectivity index (χ1n) is 13.1. The van der Waals surface area contributed by atoms with Crippen molar-refractivity contribution in [2.24, 2.45) is 0 Å². The number of aliphatic hydroxyl groups is 1. The molecule has 38 heavy (non-hydrogen) atoms. The number of hydrogen-bond donors (Lipinski definition) is 3. The first-order valence-corrected chi connectivity index (χ1v) is 13.1. The number of amides is 1. The van der Waals surface area contributed by atoms with Crippen molar-refractivity contribution in [2.45, 2.75) is 57.7 Å². The van der Waals surface area contributed by atoms with E-state index in [9.17, 15) is 18.7 Å². The Bertz CT molecular complexity index is 1230. The Morgan fingerprint density at radius 1 is 1.16 bits per heavy atom. The van der Waals surface area contributed by atoms with Crippen LogP contribution < -0.4 is 15.5 Å². The minimum Gasteiger partial charge on any atom is -0.389 e. The summed E-state index contributed by atoms with van der Waals surface area (Å²) >= 11 is 0. The average Bonchev–Trinajstić information content (AvgIpc) is 3.41. The lowest BCUT2D eigenvalue weighted by Crippen LogP contribution is -2.51. The van der Waals surface area contributed by atoms with Gasteiger partial charge in [-0.15, -0.1) is 0 Å². The monoisotopic (exact) mass is 522 g/mol. The topological polar surface area (TPSA) is 77.5 Å². The fourth-order valence-corrected chi connectivity index (χ4v) is 5.09. The molecule has 3 aromatic rings. The molecule has 1 fully saturated rings. The summed E-state index contributed by atoms with van der Waals surface area (Å²) in [5.41, 5.74) is 3.58. The fourth-order valence-electron chi connectivity index (χ4n) is 5.09. The Morgan fingerprint density at radius 3 is 2.58 bits per heavy atom. The van der Waals surface area contributed by atoms with E-state index in [1.54, 1.807) is 6.20 Å². The van der Waals surface area contributed by atoms with Gasteiger partial charge in [0.1, 0.15) is 17.5 Å². The summed E-state index contributed by atoms with van der Waals surface area (Å²) in [6, 6.07) is 14.9. The lowest BCUT2D eigenvalue weighted by molar-refractivity contribution is -0.120. The molecule has 0 bridgehead atoms. The lowest BCUT2D eigenvalue weighted by atomic mass is 9.96. The molecule has 1 aliphatic heterocycles. The predicted molar refractivity (Wildman–Crippen MR) is 146 cm³/mol. The van der Waals surface area contributed by atoms with Crippen molar-refractivity contribution in [1.82, 2.24) is 15.6 Å². The van der Waals surface area contributed by atoms with Crippen LogP contribution in [0.15, 0.2) is 60.8 Å². The molecule has 8 heteroatoms. The van der Waals surface area contributed by atoms with Gasteiger partial charge in [-0.1, -0.05) is 38.1 Å². The highest BCUT2D eigenvalue weighted by Crippen LogP contribution is 2.33. The van der Waals surface area contributed by atoms with Crippen molar-refractivity contribution in [1.29, 1.82) is 0 Å².